The summed E-state index contributed by atoms with van der Waals surface area (Å²) in [6.07, 6.45) is 4.94. The van der Waals surface area contributed by atoms with Gasteiger partial charge in [-0.2, -0.15) is 0 Å². The number of carbonyl (C=O) groups excluding carboxylic acids is 1. The van der Waals surface area contributed by atoms with Crippen molar-refractivity contribution in [3.63, 3.8) is 0 Å². The van der Waals surface area contributed by atoms with Crippen LogP contribution in [0.5, 0.6) is 0 Å². The predicted octanol–water partition coefficient (Wildman–Crippen LogP) is 2.71. The number of nitrogens with one attached hydrogen (secondary N) is 1. The second-order valence-electron chi connectivity index (χ2n) is 6.02. The molecule has 0 unspecified atom stereocenters. The molecule has 0 heterocycles. The van der Waals surface area contributed by atoms with Crippen LogP contribution in [0.2, 0.25) is 0 Å². The van der Waals surface area contributed by atoms with Crippen LogP contribution in [0.25, 0.3) is 0 Å². The Bertz CT molecular complexity index is 342. The largest absolute Gasteiger partial charge is 0.501 e. The molecule has 0 aliphatic heterocycles. The van der Waals surface area contributed by atoms with E-state index in [0.29, 0.717) is 30.6 Å². The number of carboxylic acids is 1. The lowest BCUT2D eigenvalue weighted by Crippen LogP contribution is -2.24. The van der Waals surface area contributed by atoms with Crippen LogP contribution in [-0.4, -0.2) is 30.6 Å². The minimum atomic E-state index is -1.05. The van der Waals surface area contributed by atoms with E-state index in [1.165, 1.54) is 7.11 Å². The molecule has 0 aliphatic rings. The van der Waals surface area contributed by atoms with Gasteiger partial charge in [-0.15, -0.1) is 0 Å². The Hall–Kier alpha value is -1.52. The molecule has 0 fully saturated rings. The molecule has 0 aliphatic carbocycles. The van der Waals surface area contributed by atoms with Gasteiger partial charge in [-0.1, -0.05) is 27.2 Å². The highest BCUT2D eigenvalue weighted by Gasteiger charge is 2.10. The average molecular weight is 285 g/mol. The Morgan fingerprint density at radius 3 is 2.35 bits per heavy atom. The van der Waals surface area contributed by atoms with Crippen LogP contribution in [0.3, 0.4) is 0 Å². The molecule has 20 heavy (non-hydrogen) atoms. The van der Waals surface area contributed by atoms with E-state index in [0.717, 1.165) is 25.3 Å². The van der Waals surface area contributed by atoms with Gasteiger partial charge < -0.3 is 15.2 Å². The molecule has 0 aromatic carbocycles. The van der Waals surface area contributed by atoms with Crippen LogP contribution >= 0.6 is 0 Å². The third-order valence-corrected chi connectivity index (χ3v) is 2.82. The minimum absolute atomic E-state index is 0.00434. The van der Waals surface area contributed by atoms with Crippen LogP contribution in [0.4, 0.5) is 0 Å². The van der Waals surface area contributed by atoms with E-state index in [4.69, 9.17) is 9.84 Å². The van der Waals surface area contributed by atoms with Crippen LogP contribution < -0.4 is 5.32 Å². The molecule has 0 aromatic rings. The summed E-state index contributed by atoms with van der Waals surface area (Å²) in [6, 6.07) is 0. The van der Waals surface area contributed by atoms with Crippen molar-refractivity contribution in [3.8, 4) is 0 Å². The zero-order valence-electron chi connectivity index (χ0n) is 13.0. The summed E-state index contributed by atoms with van der Waals surface area (Å²) in [6.45, 7) is 6.96. The number of unbranched alkanes of at least 4 members (excludes halogenated alkanes) is 1. The molecular weight excluding hydrogens is 258 g/mol. The number of hydrogen-bond donors (Lipinski definition) is 2. The summed E-state index contributed by atoms with van der Waals surface area (Å²) in [5, 5.41) is 11.4. The van der Waals surface area contributed by atoms with E-state index >= 15 is 0 Å². The maximum atomic E-state index is 11.6. The Kier molecular flexibility index (Phi) is 8.68. The van der Waals surface area contributed by atoms with Gasteiger partial charge in [0.25, 0.3) is 0 Å². The first-order valence-electron chi connectivity index (χ1n) is 6.99. The summed E-state index contributed by atoms with van der Waals surface area (Å²) in [5.41, 5.74) is 0.311. The highest BCUT2D eigenvalue weighted by Crippen LogP contribution is 2.21. The molecule has 2 N–H and O–H groups in total. The third-order valence-electron chi connectivity index (χ3n) is 2.82. The lowest BCUT2D eigenvalue weighted by Gasteiger charge is -2.17. The molecular formula is C15H27NO4. The van der Waals surface area contributed by atoms with Gasteiger partial charge in [0, 0.05) is 19.4 Å². The van der Waals surface area contributed by atoms with E-state index in [1.54, 1.807) is 0 Å². The van der Waals surface area contributed by atoms with Crippen LogP contribution in [0, 0.1) is 5.41 Å². The first kappa shape index (κ1) is 18.5. The lowest BCUT2D eigenvalue weighted by molar-refractivity contribution is -0.131. The van der Waals surface area contributed by atoms with Crippen molar-refractivity contribution in [2.45, 2.75) is 52.9 Å². The average Bonchev–Trinajstić information content (AvgIpc) is 2.31. The second-order valence-corrected chi connectivity index (χ2v) is 6.02. The van der Waals surface area contributed by atoms with Gasteiger partial charge in [-0.3, -0.25) is 4.79 Å². The van der Waals surface area contributed by atoms with Gasteiger partial charge >= 0.3 is 5.97 Å². The maximum absolute atomic E-state index is 11.6. The minimum Gasteiger partial charge on any atom is -0.501 e. The van der Waals surface area contributed by atoms with Gasteiger partial charge in [0.05, 0.1) is 13.2 Å². The van der Waals surface area contributed by atoms with E-state index in [2.05, 4.69) is 26.1 Å². The summed E-state index contributed by atoms with van der Waals surface area (Å²) in [7, 11) is 1.42. The van der Waals surface area contributed by atoms with Crippen molar-refractivity contribution in [2.75, 3.05) is 13.7 Å². The lowest BCUT2D eigenvalue weighted by atomic mass is 9.89. The topological polar surface area (TPSA) is 75.6 Å². The molecule has 0 rings (SSSR count). The maximum Gasteiger partial charge on any atom is 0.331 e. The molecule has 0 saturated carbocycles. The molecule has 0 saturated heterocycles. The SMILES string of the molecule is CO/C(=C/C(=O)O)CCNC(=O)CCCCC(C)(C)C. The second kappa shape index (κ2) is 9.39. The van der Waals surface area contributed by atoms with Crippen LogP contribution in [-0.2, 0) is 14.3 Å². The Labute approximate surface area is 121 Å². The van der Waals surface area contributed by atoms with E-state index < -0.39 is 5.97 Å². The molecule has 5 nitrogen and oxygen atoms in total. The number of carboxylic acid groups (broad SMARTS) is 1. The first-order chi connectivity index (χ1) is 9.24. The zero-order chi connectivity index (χ0) is 15.6. The van der Waals surface area contributed by atoms with Gasteiger partial charge in [0.2, 0.25) is 5.91 Å². The van der Waals surface area contributed by atoms with Crippen molar-refractivity contribution >= 4 is 11.9 Å². The van der Waals surface area contributed by atoms with E-state index in [9.17, 15) is 9.59 Å². The normalized spacial score (nSPS) is 12.1. The molecule has 1 amide bonds. The number of carbonyl (C=O) groups is 2. The highest BCUT2D eigenvalue weighted by molar-refractivity contribution is 5.80. The van der Waals surface area contributed by atoms with Crippen LogP contribution in [0.15, 0.2) is 11.8 Å². The third kappa shape index (κ3) is 11.6. The molecule has 0 radical (unpaired) electrons. The van der Waals surface area contributed by atoms with E-state index in [-0.39, 0.29) is 5.91 Å². The fraction of sp³-hybridized carbons (Fsp3) is 0.733. The fourth-order valence-corrected chi connectivity index (χ4v) is 1.73. The van der Waals surface area contributed by atoms with Crippen molar-refractivity contribution in [1.29, 1.82) is 0 Å². The fourth-order valence-electron chi connectivity index (χ4n) is 1.73. The summed E-state index contributed by atoms with van der Waals surface area (Å²) in [5.74, 6) is -0.689. The van der Waals surface area contributed by atoms with Gasteiger partial charge in [0.15, 0.2) is 0 Å². The highest BCUT2D eigenvalue weighted by atomic mass is 16.5. The number of aliphatic carboxylic acids is 1. The Balaban J connectivity index is 3.76. The first-order valence-corrected chi connectivity index (χ1v) is 6.99. The Morgan fingerprint density at radius 2 is 1.85 bits per heavy atom. The number of ether oxygens (including phenoxy) is 1. The summed E-state index contributed by atoms with van der Waals surface area (Å²) in [4.78, 5) is 22.0. The molecule has 0 spiro atoms. The molecule has 0 atom stereocenters. The molecule has 5 heteroatoms. The quantitative estimate of drug-likeness (QED) is 0.388. The van der Waals surface area contributed by atoms with Crippen molar-refractivity contribution in [1.82, 2.24) is 5.32 Å². The van der Waals surface area contributed by atoms with Crippen molar-refractivity contribution in [2.24, 2.45) is 5.41 Å². The number of hydrogen-bond acceptors (Lipinski definition) is 3. The monoisotopic (exact) mass is 285 g/mol. The molecule has 0 bridgehead atoms. The Morgan fingerprint density at radius 1 is 1.20 bits per heavy atom. The number of amides is 1. The van der Waals surface area contributed by atoms with E-state index in [1.807, 2.05) is 0 Å². The van der Waals surface area contributed by atoms with Crippen molar-refractivity contribution < 1.29 is 19.4 Å². The van der Waals surface area contributed by atoms with Gasteiger partial charge in [-0.25, -0.2) is 4.79 Å². The smallest absolute Gasteiger partial charge is 0.331 e. The molecule has 116 valence electrons. The van der Waals surface area contributed by atoms with Crippen molar-refractivity contribution in [3.05, 3.63) is 11.8 Å². The number of rotatable bonds is 9. The zero-order valence-corrected chi connectivity index (χ0v) is 13.0. The van der Waals surface area contributed by atoms with Gasteiger partial charge in [-0.05, 0) is 18.3 Å². The summed E-state index contributed by atoms with van der Waals surface area (Å²) >= 11 is 0. The molecule has 0 aromatic heterocycles. The standard InChI is InChI=1S/C15H27NO4/c1-15(2,3)9-6-5-7-13(17)16-10-8-12(20-4)11-14(18)19/h11H,5-10H2,1-4H3,(H,16,17)(H,18,19)/b12-11+. The predicted molar refractivity (Wildman–Crippen MR) is 78.3 cm³/mol. The summed E-state index contributed by atoms with van der Waals surface area (Å²) < 4.78 is 4.91. The number of methoxy groups -OCH3 is 1. The van der Waals surface area contributed by atoms with Gasteiger partial charge in [0.1, 0.15) is 5.76 Å². The van der Waals surface area contributed by atoms with Crippen LogP contribution in [0.1, 0.15) is 52.9 Å².